The van der Waals surface area contributed by atoms with Crippen molar-refractivity contribution in [1.82, 2.24) is 9.88 Å². The van der Waals surface area contributed by atoms with Crippen LogP contribution in [0.25, 0.3) is 0 Å². The molecule has 4 nitrogen and oxygen atoms in total. The summed E-state index contributed by atoms with van der Waals surface area (Å²) < 4.78 is 0. The fourth-order valence-electron chi connectivity index (χ4n) is 2.27. The van der Waals surface area contributed by atoms with Gasteiger partial charge in [-0.05, 0) is 45.5 Å². The molecule has 0 radical (unpaired) electrons. The van der Waals surface area contributed by atoms with Crippen molar-refractivity contribution in [3.63, 3.8) is 0 Å². The van der Waals surface area contributed by atoms with E-state index in [0.717, 1.165) is 24.3 Å². The van der Waals surface area contributed by atoms with Gasteiger partial charge in [0.15, 0.2) is 0 Å². The third-order valence-corrected chi connectivity index (χ3v) is 3.41. The lowest BCUT2D eigenvalue weighted by atomic mass is 10.1. The quantitative estimate of drug-likeness (QED) is 0.839. The van der Waals surface area contributed by atoms with Gasteiger partial charge in [0.05, 0.1) is 23.8 Å². The molecular weight excluding hydrogens is 224 g/mol. The molecule has 1 saturated heterocycles. The molecule has 0 spiro atoms. The van der Waals surface area contributed by atoms with Gasteiger partial charge in [0.2, 0.25) is 0 Å². The first kappa shape index (κ1) is 13.1. The van der Waals surface area contributed by atoms with E-state index in [1.807, 2.05) is 12.4 Å². The topological polar surface area (TPSA) is 40.2 Å². The summed E-state index contributed by atoms with van der Waals surface area (Å²) in [6.07, 6.45) is 7.35. The van der Waals surface area contributed by atoms with Gasteiger partial charge in [0.25, 0.3) is 0 Å². The largest absolute Gasteiger partial charge is 0.384 e. The predicted octanol–water partition coefficient (Wildman–Crippen LogP) is 2.41. The van der Waals surface area contributed by atoms with Crippen LogP contribution >= 0.6 is 0 Å². The second-order valence-corrected chi connectivity index (χ2v) is 5.11. The number of rotatable bonds is 5. The van der Waals surface area contributed by atoms with Gasteiger partial charge in [-0.25, -0.2) is 0 Å². The highest BCUT2D eigenvalue weighted by atomic mass is 15.1. The SMILES string of the molecule is CCCNc1cncc(NC2CCN(C)CC2)c1. The molecule has 2 rings (SSSR count). The summed E-state index contributed by atoms with van der Waals surface area (Å²) in [5, 5.41) is 6.96. The van der Waals surface area contributed by atoms with Crippen molar-refractivity contribution in [1.29, 1.82) is 0 Å². The Bertz CT molecular complexity index is 359. The molecule has 0 unspecified atom stereocenters. The average Bonchev–Trinajstić information content (AvgIpc) is 2.40. The van der Waals surface area contributed by atoms with Crippen molar-refractivity contribution < 1.29 is 0 Å². The summed E-state index contributed by atoms with van der Waals surface area (Å²) in [6, 6.07) is 2.74. The molecule has 100 valence electrons. The second kappa shape index (κ2) is 6.59. The van der Waals surface area contributed by atoms with Crippen molar-refractivity contribution in [2.45, 2.75) is 32.2 Å². The minimum Gasteiger partial charge on any atom is -0.384 e. The van der Waals surface area contributed by atoms with Gasteiger partial charge in [0.1, 0.15) is 0 Å². The molecule has 1 aromatic heterocycles. The predicted molar refractivity (Wildman–Crippen MR) is 77.2 cm³/mol. The molecule has 2 heterocycles. The third kappa shape index (κ3) is 3.88. The zero-order valence-corrected chi connectivity index (χ0v) is 11.4. The number of anilines is 2. The van der Waals surface area contributed by atoms with Crippen LogP contribution in [0.3, 0.4) is 0 Å². The number of likely N-dealkylation sites (tertiary alicyclic amines) is 1. The Morgan fingerprint density at radius 3 is 2.72 bits per heavy atom. The molecular formula is C14H24N4. The lowest BCUT2D eigenvalue weighted by molar-refractivity contribution is 0.264. The molecule has 2 N–H and O–H groups in total. The van der Waals surface area contributed by atoms with E-state index in [4.69, 9.17) is 0 Å². The van der Waals surface area contributed by atoms with Gasteiger partial charge >= 0.3 is 0 Å². The van der Waals surface area contributed by atoms with E-state index in [9.17, 15) is 0 Å². The van der Waals surface area contributed by atoms with E-state index in [1.54, 1.807) is 0 Å². The standard InChI is InChI=1S/C14H24N4/c1-3-6-16-13-9-14(11-15-10-13)17-12-4-7-18(2)8-5-12/h9-12,16-17H,3-8H2,1-2H3. The fraction of sp³-hybridized carbons (Fsp3) is 0.643. The lowest BCUT2D eigenvalue weighted by Gasteiger charge is -2.30. The number of nitrogens with zero attached hydrogens (tertiary/aromatic N) is 2. The maximum Gasteiger partial charge on any atom is 0.0549 e. The zero-order valence-electron chi connectivity index (χ0n) is 11.4. The molecule has 4 heteroatoms. The number of nitrogens with one attached hydrogen (secondary N) is 2. The smallest absolute Gasteiger partial charge is 0.0549 e. The average molecular weight is 248 g/mol. The molecule has 1 aromatic rings. The summed E-state index contributed by atoms with van der Waals surface area (Å²) in [5.41, 5.74) is 2.24. The van der Waals surface area contributed by atoms with Crippen LogP contribution in [0.2, 0.25) is 0 Å². The first-order chi connectivity index (χ1) is 8.78. The summed E-state index contributed by atoms with van der Waals surface area (Å²) >= 11 is 0. The minimum atomic E-state index is 0.587. The Kier molecular flexibility index (Phi) is 4.81. The van der Waals surface area contributed by atoms with Crippen LogP contribution in [0.15, 0.2) is 18.5 Å². The highest BCUT2D eigenvalue weighted by molar-refractivity contribution is 5.54. The molecule has 0 saturated carbocycles. The highest BCUT2D eigenvalue weighted by Crippen LogP contribution is 2.18. The molecule has 1 aliphatic heterocycles. The Balaban J connectivity index is 1.88. The molecule has 18 heavy (non-hydrogen) atoms. The van der Waals surface area contributed by atoms with Crippen LogP contribution in [0.1, 0.15) is 26.2 Å². The van der Waals surface area contributed by atoms with Gasteiger partial charge in [-0.1, -0.05) is 6.92 Å². The van der Waals surface area contributed by atoms with Crippen molar-refractivity contribution in [2.24, 2.45) is 0 Å². The summed E-state index contributed by atoms with van der Waals surface area (Å²) in [5.74, 6) is 0. The third-order valence-electron chi connectivity index (χ3n) is 3.41. The van der Waals surface area contributed by atoms with E-state index in [2.05, 4.69) is 40.6 Å². The number of pyridine rings is 1. The van der Waals surface area contributed by atoms with Gasteiger partial charge in [0, 0.05) is 12.6 Å². The number of hydrogen-bond acceptors (Lipinski definition) is 4. The Hall–Kier alpha value is -1.29. The summed E-state index contributed by atoms with van der Waals surface area (Å²) in [7, 11) is 2.19. The molecule has 0 atom stereocenters. The van der Waals surface area contributed by atoms with Crippen LogP contribution in [0, 0.1) is 0 Å². The number of piperidine rings is 1. The maximum absolute atomic E-state index is 4.28. The molecule has 0 aromatic carbocycles. The van der Waals surface area contributed by atoms with Crippen molar-refractivity contribution in [2.75, 3.05) is 37.3 Å². The minimum absolute atomic E-state index is 0.587. The van der Waals surface area contributed by atoms with Crippen molar-refractivity contribution in [3.05, 3.63) is 18.5 Å². The second-order valence-electron chi connectivity index (χ2n) is 5.11. The maximum atomic E-state index is 4.28. The normalized spacial score (nSPS) is 17.7. The molecule has 1 aliphatic rings. The van der Waals surface area contributed by atoms with E-state index in [1.165, 1.54) is 25.9 Å². The van der Waals surface area contributed by atoms with Crippen LogP contribution in [-0.4, -0.2) is 42.6 Å². The number of aromatic nitrogens is 1. The van der Waals surface area contributed by atoms with E-state index >= 15 is 0 Å². The van der Waals surface area contributed by atoms with Crippen LogP contribution < -0.4 is 10.6 Å². The molecule has 1 fully saturated rings. The van der Waals surface area contributed by atoms with Crippen LogP contribution in [-0.2, 0) is 0 Å². The van der Waals surface area contributed by atoms with Gasteiger partial charge in [-0.2, -0.15) is 0 Å². The number of hydrogen-bond donors (Lipinski definition) is 2. The van der Waals surface area contributed by atoms with Crippen LogP contribution in [0.5, 0.6) is 0 Å². The fourth-order valence-corrected chi connectivity index (χ4v) is 2.27. The van der Waals surface area contributed by atoms with E-state index < -0.39 is 0 Å². The monoisotopic (exact) mass is 248 g/mol. The van der Waals surface area contributed by atoms with Gasteiger partial charge in [-0.15, -0.1) is 0 Å². The summed E-state index contributed by atoms with van der Waals surface area (Å²) in [4.78, 5) is 6.67. The highest BCUT2D eigenvalue weighted by Gasteiger charge is 2.16. The first-order valence-electron chi connectivity index (χ1n) is 6.92. The Labute approximate surface area is 110 Å². The summed E-state index contributed by atoms with van der Waals surface area (Å²) in [6.45, 7) is 5.53. The lowest BCUT2D eigenvalue weighted by Crippen LogP contribution is -2.36. The molecule has 0 amide bonds. The zero-order chi connectivity index (χ0) is 12.8. The van der Waals surface area contributed by atoms with Crippen molar-refractivity contribution >= 4 is 11.4 Å². The molecule has 0 aliphatic carbocycles. The van der Waals surface area contributed by atoms with Gasteiger partial charge < -0.3 is 15.5 Å². The van der Waals surface area contributed by atoms with E-state index in [-0.39, 0.29) is 0 Å². The van der Waals surface area contributed by atoms with Crippen LogP contribution in [0.4, 0.5) is 11.4 Å². The first-order valence-corrected chi connectivity index (χ1v) is 6.92. The Morgan fingerprint density at radius 2 is 2.00 bits per heavy atom. The molecule has 0 bridgehead atoms. The Morgan fingerprint density at radius 1 is 1.28 bits per heavy atom. The van der Waals surface area contributed by atoms with Gasteiger partial charge in [-0.3, -0.25) is 4.98 Å². The van der Waals surface area contributed by atoms with Crippen molar-refractivity contribution in [3.8, 4) is 0 Å². The van der Waals surface area contributed by atoms with E-state index in [0.29, 0.717) is 6.04 Å².